The minimum absolute atomic E-state index is 0.0964. The molecule has 0 radical (unpaired) electrons. The summed E-state index contributed by atoms with van der Waals surface area (Å²) >= 11 is 0. The van der Waals surface area contributed by atoms with Gasteiger partial charge in [-0.15, -0.1) is 0 Å². The van der Waals surface area contributed by atoms with Crippen LogP contribution in [-0.2, 0) is 17.6 Å². The van der Waals surface area contributed by atoms with Gasteiger partial charge >= 0.3 is 5.97 Å². The first-order valence-electron chi connectivity index (χ1n) is 12.9. The average Bonchev–Trinajstić information content (AvgIpc) is 2.84. The zero-order valence-corrected chi connectivity index (χ0v) is 23.2. The summed E-state index contributed by atoms with van der Waals surface area (Å²) in [6.45, 7) is 11.0. The van der Waals surface area contributed by atoms with Crippen molar-refractivity contribution in [3.63, 3.8) is 0 Å². The molecule has 0 aliphatic carbocycles. The van der Waals surface area contributed by atoms with Crippen molar-refractivity contribution in [1.29, 1.82) is 0 Å². The monoisotopic (exact) mass is 513 g/mol. The van der Waals surface area contributed by atoms with Gasteiger partial charge in [-0.05, 0) is 78.0 Å². The van der Waals surface area contributed by atoms with Gasteiger partial charge in [0.15, 0.2) is 0 Å². The molecule has 4 nitrogen and oxygen atoms in total. The molecule has 0 spiro atoms. The number of hydrogen-bond donors (Lipinski definition) is 1. The normalized spacial score (nSPS) is 15.4. The highest BCUT2D eigenvalue weighted by Crippen LogP contribution is 2.38. The Labute approximate surface area is 220 Å². The molecule has 1 N–H and O–H groups in total. The molecule has 2 aromatic carbocycles. The van der Waals surface area contributed by atoms with Crippen LogP contribution >= 0.6 is 0 Å². The highest BCUT2D eigenvalue weighted by Gasteiger charge is 2.40. The summed E-state index contributed by atoms with van der Waals surface area (Å²) in [5.74, 6) is -4.68. The average molecular weight is 514 g/mol. The molecule has 37 heavy (non-hydrogen) atoms. The molecule has 1 aliphatic rings. The Morgan fingerprint density at radius 1 is 1.11 bits per heavy atom. The van der Waals surface area contributed by atoms with Crippen LogP contribution in [0, 0.1) is 11.3 Å². The lowest BCUT2D eigenvalue weighted by Gasteiger charge is -2.29. The van der Waals surface area contributed by atoms with E-state index in [1.165, 1.54) is 12.6 Å². The Morgan fingerprint density at radius 2 is 1.76 bits per heavy atom. The number of fused-ring (bicyclic) bond motifs is 1. The van der Waals surface area contributed by atoms with Crippen molar-refractivity contribution in [2.75, 3.05) is 13.7 Å². The molecular formula is C31H41F2NO3. The molecule has 1 aliphatic heterocycles. The van der Waals surface area contributed by atoms with Gasteiger partial charge in [0.05, 0.1) is 12.5 Å². The van der Waals surface area contributed by atoms with Gasteiger partial charge in [-0.3, -0.25) is 9.79 Å². The third kappa shape index (κ3) is 8.80. The van der Waals surface area contributed by atoms with Crippen molar-refractivity contribution < 1.29 is 23.4 Å². The second-order valence-corrected chi connectivity index (χ2v) is 10.8. The van der Waals surface area contributed by atoms with Crippen LogP contribution in [0.15, 0.2) is 59.1 Å². The van der Waals surface area contributed by atoms with Crippen molar-refractivity contribution >= 4 is 17.3 Å². The topological polar surface area (TPSA) is 58.9 Å². The van der Waals surface area contributed by atoms with Gasteiger partial charge in [0.25, 0.3) is 5.92 Å². The van der Waals surface area contributed by atoms with Crippen molar-refractivity contribution in [2.24, 2.45) is 16.3 Å². The first kappa shape index (κ1) is 30.2. The third-order valence-corrected chi connectivity index (χ3v) is 6.35. The lowest BCUT2D eigenvalue weighted by molar-refractivity contribution is -0.141. The van der Waals surface area contributed by atoms with E-state index in [1.807, 2.05) is 39.0 Å². The van der Waals surface area contributed by atoms with Crippen LogP contribution < -0.4 is 4.74 Å². The maximum Gasteiger partial charge on any atom is 0.311 e. The Hall–Kier alpha value is -3.02. The molecule has 0 fully saturated rings. The van der Waals surface area contributed by atoms with Gasteiger partial charge in [-0.2, -0.15) is 8.78 Å². The standard InChI is InChI=1S/C23H31F2NO3.C8H10/c1-14(15-9-10-18-16(12-15)8-7-11-29-18)19(20(26-6)23(5,24)25)17(21(27)28)13-22(2,3)4;1-2-8-6-4-3-5-7-8/h9-10,12,17H,7-8,11,13H2,1-6H3,(H,27,28);3-7H,2H2,1H3/b19-14+,26-20?;. The quantitative estimate of drug-likeness (QED) is 0.383. The smallest absolute Gasteiger partial charge is 0.311 e. The van der Waals surface area contributed by atoms with E-state index in [0.717, 1.165) is 43.1 Å². The number of carbonyl (C=O) groups is 1. The fourth-order valence-electron chi connectivity index (χ4n) is 4.55. The third-order valence-electron chi connectivity index (χ3n) is 6.35. The summed E-state index contributed by atoms with van der Waals surface area (Å²) in [6.07, 6.45) is 3.09. The van der Waals surface area contributed by atoms with Crippen LogP contribution in [-0.4, -0.2) is 36.4 Å². The predicted molar refractivity (Wildman–Crippen MR) is 148 cm³/mol. The van der Waals surface area contributed by atoms with E-state index in [2.05, 4.69) is 36.2 Å². The maximum absolute atomic E-state index is 14.5. The molecule has 1 heterocycles. The van der Waals surface area contributed by atoms with Crippen LogP contribution in [0.4, 0.5) is 8.78 Å². The molecule has 0 bridgehead atoms. The number of aryl methyl sites for hydroxylation is 2. The number of aliphatic carboxylic acids is 1. The number of alkyl halides is 2. The zero-order valence-electron chi connectivity index (χ0n) is 23.2. The molecular weight excluding hydrogens is 472 g/mol. The summed E-state index contributed by atoms with van der Waals surface area (Å²) in [4.78, 5) is 16.0. The molecule has 0 aromatic heterocycles. The Morgan fingerprint density at radius 3 is 2.24 bits per heavy atom. The zero-order chi connectivity index (χ0) is 27.8. The van der Waals surface area contributed by atoms with E-state index in [-0.39, 0.29) is 17.4 Å². The van der Waals surface area contributed by atoms with Crippen molar-refractivity contribution in [2.45, 2.75) is 73.1 Å². The van der Waals surface area contributed by atoms with E-state index in [0.29, 0.717) is 12.2 Å². The van der Waals surface area contributed by atoms with Crippen LogP contribution in [0.5, 0.6) is 5.75 Å². The fraction of sp³-hybridized carbons (Fsp3) is 0.484. The fourth-order valence-corrected chi connectivity index (χ4v) is 4.55. The number of carboxylic acids is 1. The van der Waals surface area contributed by atoms with E-state index in [1.54, 1.807) is 13.0 Å². The number of benzene rings is 2. The Balaban J connectivity index is 0.000000510. The lowest BCUT2D eigenvalue weighted by Crippen LogP contribution is -2.34. The molecule has 1 atom stereocenters. The largest absolute Gasteiger partial charge is 0.493 e. The number of hydrogen-bond acceptors (Lipinski definition) is 3. The van der Waals surface area contributed by atoms with Gasteiger partial charge in [0.1, 0.15) is 11.5 Å². The van der Waals surface area contributed by atoms with E-state index in [9.17, 15) is 18.7 Å². The number of allylic oxidation sites excluding steroid dienone is 1. The minimum Gasteiger partial charge on any atom is -0.493 e. The number of ether oxygens (including phenoxy) is 1. The van der Waals surface area contributed by atoms with Gasteiger partial charge in [0.2, 0.25) is 0 Å². The van der Waals surface area contributed by atoms with Gasteiger partial charge in [-0.1, -0.05) is 64.1 Å². The van der Waals surface area contributed by atoms with E-state index >= 15 is 0 Å². The summed E-state index contributed by atoms with van der Waals surface area (Å²) in [7, 11) is 1.29. The number of nitrogens with zero attached hydrogens (tertiary/aromatic N) is 1. The highest BCUT2D eigenvalue weighted by atomic mass is 19.3. The Bertz CT molecular complexity index is 1110. The van der Waals surface area contributed by atoms with Gasteiger partial charge in [0, 0.05) is 14.0 Å². The van der Waals surface area contributed by atoms with Crippen LogP contribution in [0.2, 0.25) is 0 Å². The molecule has 6 heteroatoms. The predicted octanol–water partition coefficient (Wildman–Crippen LogP) is 7.90. The first-order chi connectivity index (χ1) is 17.3. The first-order valence-corrected chi connectivity index (χ1v) is 12.9. The number of aliphatic imine (C=N–C) groups is 1. The van der Waals surface area contributed by atoms with Crippen LogP contribution in [0.1, 0.15) is 71.1 Å². The highest BCUT2D eigenvalue weighted by molar-refractivity contribution is 6.13. The lowest BCUT2D eigenvalue weighted by atomic mass is 9.76. The second kappa shape index (κ2) is 13.0. The summed E-state index contributed by atoms with van der Waals surface area (Å²) in [5, 5.41) is 9.95. The van der Waals surface area contributed by atoms with E-state index < -0.39 is 23.5 Å². The summed E-state index contributed by atoms with van der Waals surface area (Å²) in [6, 6.07) is 16.0. The number of rotatable bonds is 7. The second-order valence-electron chi connectivity index (χ2n) is 10.8. The molecule has 0 saturated heterocycles. The molecule has 2 aromatic rings. The SMILES string of the molecule is CCc1ccccc1.CN=C(/C(=C(\C)c1ccc2c(c1)CCCO2)C(CC(C)(C)C)C(=O)O)C(C)(F)F. The molecule has 1 unspecified atom stereocenters. The van der Waals surface area contributed by atoms with Crippen molar-refractivity contribution in [3.8, 4) is 5.75 Å². The van der Waals surface area contributed by atoms with E-state index in [4.69, 9.17) is 4.74 Å². The minimum atomic E-state index is -3.26. The maximum atomic E-state index is 14.5. The number of carboxylic acid groups (broad SMARTS) is 1. The van der Waals surface area contributed by atoms with Crippen molar-refractivity contribution in [1.82, 2.24) is 0 Å². The molecule has 0 saturated carbocycles. The summed E-state index contributed by atoms with van der Waals surface area (Å²) < 4.78 is 34.6. The van der Waals surface area contributed by atoms with Crippen LogP contribution in [0.25, 0.3) is 5.57 Å². The summed E-state index contributed by atoms with van der Waals surface area (Å²) in [5.41, 5.74) is 2.91. The molecule has 0 amide bonds. The molecule has 3 rings (SSSR count). The Kier molecular flexibility index (Phi) is 10.6. The van der Waals surface area contributed by atoms with Gasteiger partial charge < -0.3 is 9.84 Å². The van der Waals surface area contributed by atoms with Crippen LogP contribution in [0.3, 0.4) is 0 Å². The van der Waals surface area contributed by atoms with Gasteiger partial charge in [-0.25, -0.2) is 0 Å². The molecule has 202 valence electrons. The van der Waals surface area contributed by atoms with Crippen molar-refractivity contribution in [3.05, 3.63) is 70.8 Å². The number of halogens is 2.